The number of carboxylic acid groups (broad SMARTS) is 1. The van der Waals surface area contributed by atoms with Crippen LogP contribution in [0.25, 0.3) is 0 Å². The molecule has 0 spiro atoms. The van der Waals surface area contributed by atoms with E-state index >= 15 is 0 Å². The van der Waals surface area contributed by atoms with Gasteiger partial charge in [0.2, 0.25) is 10.0 Å². The zero-order chi connectivity index (χ0) is 105. The van der Waals surface area contributed by atoms with E-state index in [0.717, 1.165) is 20.7 Å². The minimum absolute atomic E-state index is 0.0520. The monoisotopic (exact) mass is 2180 g/mol. The average molecular weight is 2180 g/mol. The molecule has 7 aromatic rings. The molecular weight excluding hydrogens is 2040 g/mol. The van der Waals surface area contributed by atoms with Crippen LogP contribution in [0.5, 0.6) is 0 Å². The van der Waals surface area contributed by atoms with Gasteiger partial charge in [0.05, 0.1) is 0 Å². The molecule has 3 aliphatic rings. The first-order chi connectivity index (χ1) is 65.9. The third kappa shape index (κ3) is 31.4. The predicted octanol–water partition coefficient (Wildman–Crippen LogP) is 7.27. The van der Waals surface area contributed by atoms with Crippen molar-refractivity contribution in [1.82, 2.24) is 38.3 Å². The van der Waals surface area contributed by atoms with Gasteiger partial charge in [-0.25, -0.2) is 79.5 Å². The first-order valence-electron chi connectivity index (χ1n) is 45.7. The summed E-state index contributed by atoms with van der Waals surface area (Å²) in [6, 6.07) is 42.8. The van der Waals surface area contributed by atoms with Crippen LogP contribution in [0, 0.1) is 0 Å². The number of likely N-dealkylation sites (N-methyl/N-ethyl adjacent to an activating group) is 3. The SMILES string of the molecule is CCN[C@H]1CN(CCCOC)S(=O)(=O)c2sc(S(=O)(=O)NC(=O)[C@H](C)O[C@@H](C)O[C@@H](C)O)cc21.CCN[C@H]1CN(CCCOC)S(=O)(=O)c2sc(S(=O)(=O)NC(=O)[C@H](C)O[C@@H](C)O[C@@H](C)O[Si](c3ccccc3)(c3ccccc3)C(C)(C)C)cc21.CCN[C@H]1CN(CCCOC)S(=O)(=O)c2sc(S(N)(=O)=O)cc21.C[C@H](O[Si](c1ccccc1)(c1ccccc1)C(C)(C)C)C(=O)O[C@H](C)C(=O)O[C@H](C)C(=O)O. The molecular formula is C91H137N9O30S9Si2. The molecule has 0 fully saturated rings. The number of nitrogens with zero attached hydrogens (tertiary/aromatic N) is 3. The van der Waals surface area contributed by atoms with Gasteiger partial charge in [-0.1, -0.05) is 184 Å². The van der Waals surface area contributed by atoms with Gasteiger partial charge < -0.3 is 77.6 Å². The number of methoxy groups -OCH3 is 3. The van der Waals surface area contributed by atoms with E-state index in [9.17, 15) is 79.6 Å². The number of esters is 2. The van der Waals surface area contributed by atoms with E-state index in [1.54, 1.807) is 35.0 Å². The van der Waals surface area contributed by atoms with Crippen LogP contribution in [0.2, 0.25) is 10.1 Å². The van der Waals surface area contributed by atoms with E-state index < -0.39 is 174 Å². The van der Waals surface area contributed by atoms with Crippen LogP contribution in [0.4, 0.5) is 0 Å². The molecule has 6 heterocycles. The van der Waals surface area contributed by atoms with Crippen LogP contribution in [0.15, 0.2) is 165 Å². The zero-order valence-corrected chi connectivity index (χ0v) is 92.6. The number of hydrogen-bond donors (Lipinski definition) is 8. The number of rotatable bonds is 46. The summed E-state index contributed by atoms with van der Waals surface area (Å²) in [5.41, 5.74) is 1.19. The summed E-state index contributed by atoms with van der Waals surface area (Å²) < 4.78 is 223. The maximum absolute atomic E-state index is 13.5. The molecule has 2 amide bonds. The number of carbonyl (C=O) groups is 5. The van der Waals surface area contributed by atoms with E-state index in [-0.39, 0.29) is 74.1 Å². The molecule has 4 aromatic carbocycles. The highest BCUT2D eigenvalue weighted by atomic mass is 32.3. The van der Waals surface area contributed by atoms with Gasteiger partial charge in [0.25, 0.3) is 78.6 Å². The number of nitrogens with one attached hydrogen (secondary N) is 5. The summed E-state index contributed by atoms with van der Waals surface area (Å²) in [4.78, 5) is 61.5. The lowest BCUT2D eigenvalue weighted by molar-refractivity contribution is -0.226. The summed E-state index contributed by atoms with van der Waals surface area (Å²) in [7, 11) is -25.6. The number of aliphatic hydroxyl groups is 1. The highest BCUT2D eigenvalue weighted by Gasteiger charge is 2.54. The Labute approximate surface area is 843 Å². The quantitative estimate of drug-likeness (QED) is 0.00804. The van der Waals surface area contributed by atoms with Gasteiger partial charge in [0.1, 0.15) is 49.9 Å². The number of thiophene rings is 3. The van der Waals surface area contributed by atoms with E-state index in [1.807, 2.05) is 123 Å². The molecule has 50 heteroatoms. The van der Waals surface area contributed by atoms with Gasteiger partial charge in [-0.15, -0.1) is 34.0 Å². The topological polar surface area (TPSA) is 528 Å². The molecule has 10 rings (SSSR count). The molecule has 141 heavy (non-hydrogen) atoms. The van der Waals surface area contributed by atoms with Crippen molar-refractivity contribution in [3.05, 3.63) is 156 Å². The third-order valence-electron chi connectivity index (χ3n) is 22.4. The van der Waals surface area contributed by atoms with Crippen molar-refractivity contribution in [1.29, 1.82) is 0 Å². The molecule has 12 atom stereocenters. The number of sulfonamides is 6. The van der Waals surface area contributed by atoms with Crippen molar-refractivity contribution < 1.29 is 136 Å². The van der Waals surface area contributed by atoms with Crippen molar-refractivity contribution in [2.45, 2.75) is 253 Å². The maximum atomic E-state index is 13.5. The average Bonchev–Trinajstić information content (AvgIpc) is 1.30. The normalized spacial score (nSPS) is 18.6. The fourth-order valence-electron chi connectivity index (χ4n) is 15.9. The fraction of sp³-hybridized carbons (Fsp3) is 0.549. The Bertz CT molecular complexity index is 5910. The molecule has 3 aromatic heterocycles. The Balaban J connectivity index is 0.000000266. The number of hydrogen-bond acceptors (Lipinski definition) is 35. The lowest BCUT2D eigenvalue weighted by atomic mass is 10.1. The first-order valence-corrected chi connectivity index (χ1v) is 60.8. The standard InChI is InChI=1S/C35H51N3O9S3Si.C25H32O7Si.C19H33N3O9S3.C12H21N3O5S3/c1-9-36-31-24-38(21-16-22-44-8)50(42,43)34-30(31)23-32(48-34)49(40,41)37-33(39)25(2)45-26(3)46-27(4)47-51(35(5,6)7,28-17-12-10-13-18-28)29-19-14-11-15-20-29;1-17(22(26)27)30-23(28)18(2)31-24(29)19(3)32-33(25(4,5)6,20-13-9-7-10-14-20)21-15-11-8-12-16-21;1-6-20-16-11-22(8-7-9-29-5)34(27,28)19-15(16)10-17(32-19)33(25,26)21-18(24)12(2)30-14(4)31-13(3)23;1-3-14-10-8-15(5-4-6-20-2)23(18,19)12-9(10)7-11(21-12)22(13,16)17/h10-15,17-20,23,25-27,31,36H,9,16,21-22,24H2,1-8H3,(H,37,39);7-19H,1-6H3,(H,26,27);10,12-14,16,20,23H,6-9,11H2,1-5H3,(H,21,24);7,10,14H,3-6,8H2,1-2H3,(H2,13,16,17)/t25-,26+,27+,31-;17-,18-,19+;12-,13-,14+,16-;10-/m0100/s1. The molecule has 0 radical (unpaired) electrons. The van der Waals surface area contributed by atoms with Gasteiger partial charge in [-0.05, 0) is 150 Å². The summed E-state index contributed by atoms with van der Waals surface area (Å²) in [5, 5.41) is 36.4. The minimum Gasteiger partial charge on any atom is -0.479 e. The highest BCUT2D eigenvalue weighted by Crippen LogP contribution is 2.45. The van der Waals surface area contributed by atoms with E-state index in [4.69, 9.17) is 61.7 Å². The van der Waals surface area contributed by atoms with Crippen LogP contribution < -0.4 is 51.3 Å². The molecule has 0 saturated carbocycles. The van der Waals surface area contributed by atoms with E-state index in [2.05, 4.69) is 86.5 Å². The second kappa shape index (κ2) is 52.9. The van der Waals surface area contributed by atoms with Crippen LogP contribution in [0.1, 0.15) is 179 Å². The summed E-state index contributed by atoms with van der Waals surface area (Å²) in [6.45, 7) is 35.8. The summed E-state index contributed by atoms with van der Waals surface area (Å²) in [6.07, 6.45) is -8.32. The molecule has 0 aliphatic carbocycles. The Morgan fingerprint density at radius 3 is 1.01 bits per heavy atom. The smallest absolute Gasteiger partial charge is 0.347 e. The number of primary sulfonamides is 1. The number of aliphatic hydroxyl groups excluding tert-OH is 1. The van der Waals surface area contributed by atoms with Crippen molar-refractivity contribution in [3.8, 4) is 0 Å². The van der Waals surface area contributed by atoms with Crippen molar-refractivity contribution >= 4 is 161 Å². The van der Waals surface area contributed by atoms with Crippen molar-refractivity contribution in [3.63, 3.8) is 0 Å². The third-order valence-corrected chi connectivity index (χ3v) is 48.3. The molecule has 3 aliphatic heterocycles. The van der Waals surface area contributed by atoms with Crippen LogP contribution in [0.3, 0.4) is 0 Å². The van der Waals surface area contributed by atoms with E-state index in [1.165, 1.54) is 79.8 Å². The summed E-state index contributed by atoms with van der Waals surface area (Å²) >= 11 is 1.92. The number of fused-ring (bicyclic) bond motifs is 3. The lowest BCUT2D eigenvalue weighted by Crippen LogP contribution is -2.68. The second-order valence-electron chi connectivity index (χ2n) is 35.2. The van der Waals surface area contributed by atoms with Crippen LogP contribution in [-0.2, 0) is 136 Å². The molecule has 0 bridgehead atoms. The zero-order valence-electron chi connectivity index (χ0n) is 83.2. The van der Waals surface area contributed by atoms with Gasteiger partial charge in [-0.3, -0.25) is 9.59 Å². The minimum atomic E-state index is -4.44. The molecule has 0 unspecified atom stereocenters. The molecule has 39 nitrogen and oxygen atoms in total. The van der Waals surface area contributed by atoms with Crippen LogP contribution >= 0.6 is 34.0 Å². The predicted molar refractivity (Wildman–Crippen MR) is 539 cm³/mol. The number of nitrogens with two attached hydrogens (primary N) is 1. The second-order valence-corrected chi connectivity index (χ2v) is 58.9. The maximum Gasteiger partial charge on any atom is 0.347 e. The lowest BCUT2D eigenvalue weighted by Gasteiger charge is -2.44. The van der Waals surface area contributed by atoms with Crippen LogP contribution in [-0.4, -0.2) is 276 Å². The van der Waals surface area contributed by atoms with Gasteiger partial charge in [0, 0.05) is 115 Å². The Kier molecular flexibility index (Phi) is 45.3. The van der Waals surface area contributed by atoms with Gasteiger partial charge in [0.15, 0.2) is 31.1 Å². The highest BCUT2D eigenvalue weighted by molar-refractivity contribution is 7.95. The number of carboxylic acids is 1. The van der Waals surface area contributed by atoms with Gasteiger partial charge >= 0.3 is 17.9 Å². The Hall–Kier alpha value is -7.22. The fourth-order valence-corrected chi connectivity index (χ4v) is 39.3. The molecule has 788 valence electrons. The van der Waals surface area contributed by atoms with Gasteiger partial charge in [-0.2, -0.15) is 12.9 Å². The Morgan fingerprint density at radius 2 is 0.723 bits per heavy atom. The number of amides is 2. The first kappa shape index (κ1) is 121. The van der Waals surface area contributed by atoms with Crippen molar-refractivity contribution in [2.75, 3.05) is 100 Å². The van der Waals surface area contributed by atoms with Crippen molar-refractivity contribution in [2.24, 2.45) is 5.14 Å². The Morgan fingerprint density at radius 1 is 0.433 bits per heavy atom. The molecule has 0 saturated heterocycles. The van der Waals surface area contributed by atoms with E-state index in [0.29, 0.717) is 116 Å². The molecule has 9 N–H and O–H groups in total. The number of aliphatic carboxylic acids is 1. The summed E-state index contributed by atoms with van der Waals surface area (Å²) in [5.74, 6) is -4.83. The number of ether oxygens (including phenoxy) is 9. The number of benzene rings is 4. The number of carbonyl (C=O) groups excluding carboxylic acids is 4. The largest absolute Gasteiger partial charge is 0.479 e.